The van der Waals surface area contributed by atoms with Crippen LogP contribution in [0, 0.1) is 0 Å². The molecule has 2 heterocycles. The van der Waals surface area contributed by atoms with E-state index in [1.165, 1.54) is 11.3 Å². The van der Waals surface area contributed by atoms with E-state index in [-0.39, 0.29) is 4.21 Å². The van der Waals surface area contributed by atoms with E-state index in [2.05, 4.69) is 9.71 Å². The van der Waals surface area contributed by atoms with Gasteiger partial charge < -0.3 is 5.73 Å². The van der Waals surface area contributed by atoms with Crippen molar-refractivity contribution in [1.82, 2.24) is 4.98 Å². The average molecular weight is 319 g/mol. The SMILES string of the molecule is NCc1ccc(S(=O)(=O)Nc2cccc3ncccc23)s1. The highest BCUT2D eigenvalue weighted by Crippen LogP contribution is 2.27. The van der Waals surface area contributed by atoms with Gasteiger partial charge in [-0.2, -0.15) is 0 Å². The van der Waals surface area contributed by atoms with Crippen LogP contribution in [0.25, 0.3) is 10.9 Å². The van der Waals surface area contributed by atoms with Crippen molar-refractivity contribution in [2.24, 2.45) is 5.73 Å². The molecule has 1 aromatic carbocycles. The molecule has 0 aliphatic carbocycles. The number of fused-ring (bicyclic) bond motifs is 1. The average Bonchev–Trinajstić information content (AvgIpc) is 2.97. The van der Waals surface area contributed by atoms with Gasteiger partial charge in [-0.25, -0.2) is 8.42 Å². The number of hydrogen-bond acceptors (Lipinski definition) is 5. The number of nitrogens with one attached hydrogen (secondary N) is 1. The first-order valence-corrected chi connectivity index (χ1v) is 8.55. The highest BCUT2D eigenvalue weighted by molar-refractivity contribution is 7.94. The molecule has 0 unspecified atom stereocenters. The third-order valence-electron chi connectivity index (χ3n) is 2.99. The second-order valence-corrected chi connectivity index (χ2v) is 7.48. The van der Waals surface area contributed by atoms with Crippen LogP contribution in [0.2, 0.25) is 0 Å². The summed E-state index contributed by atoms with van der Waals surface area (Å²) in [5.41, 5.74) is 6.78. The Labute approximate surface area is 126 Å². The summed E-state index contributed by atoms with van der Waals surface area (Å²) in [7, 11) is -3.61. The van der Waals surface area contributed by atoms with Gasteiger partial charge in [-0.1, -0.05) is 6.07 Å². The lowest BCUT2D eigenvalue weighted by atomic mass is 10.2. The lowest BCUT2D eigenvalue weighted by Crippen LogP contribution is -2.11. The summed E-state index contributed by atoms with van der Waals surface area (Å²) < 4.78 is 27.7. The molecule has 0 aliphatic rings. The second kappa shape index (κ2) is 5.44. The van der Waals surface area contributed by atoms with Crippen LogP contribution in [0.3, 0.4) is 0 Å². The summed E-state index contributed by atoms with van der Waals surface area (Å²) in [5.74, 6) is 0. The lowest BCUT2D eigenvalue weighted by Gasteiger charge is -2.08. The zero-order valence-corrected chi connectivity index (χ0v) is 12.6. The molecule has 0 saturated carbocycles. The molecule has 3 rings (SSSR count). The minimum atomic E-state index is -3.61. The van der Waals surface area contributed by atoms with Gasteiger partial charge in [0.2, 0.25) is 0 Å². The number of nitrogens with two attached hydrogens (primary N) is 1. The van der Waals surface area contributed by atoms with E-state index >= 15 is 0 Å². The van der Waals surface area contributed by atoms with Crippen LogP contribution in [0.1, 0.15) is 4.88 Å². The molecule has 0 radical (unpaired) electrons. The van der Waals surface area contributed by atoms with E-state index < -0.39 is 10.0 Å². The summed E-state index contributed by atoms with van der Waals surface area (Å²) in [6.45, 7) is 0.332. The van der Waals surface area contributed by atoms with Crippen molar-refractivity contribution < 1.29 is 8.42 Å². The number of anilines is 1. The van der Waals surface area contributed by atoms with Crippen LogP contribution in [0.4, 0.5) is 5.69 Å². The van der Waals surface area contributed by atoms with E-state index in [0.29, 0.717) is 12.2 Å². The summed E-state index contributed by atoms with van der Waals surface area (Å²) in [4.78, 5) is 5.04. The Bertz CT molecular complexity index is 883. The van der Waals surface area contributed by atoms with Gasteiger partial charge >= 0.3 is 0 Å². The van der Waals surface area contributed by atoms with Gasteiger partial charge in [-0.3, -0.25) is 9.71 Å². The number of aromatic nitrogens is 1. The molecule has 3 N–H and O–H groups in total. The van der Waals surface area contributed by atoms with Crippen molar-refractivity contribution in [2.45, 2.75) is 10.8 Å². The van der Waals surface area contributed by atoms with Crippen LogP contribution in [0.15, 0.2) is 52.9 Å². The fraction of sp³-hybridized carbons (Fsp3) is 0.0714. The number of pyridine rings is 1. The monoisotopic (exact) mass is 319 g/mol. The van der Waals surface area contributed by atoms with Crippen LogP contribution < -0.4 is 10.5 Å². The molecule has 21 heavy (non-hydrogen) atoms. The molecule has 0 spiro atoms. The van der Waals surface area contributed by atoms with Crippen molar-refractivity contribution in [3.05, 3.63) is 53.5 Å². The molecule has 2 aromatic heterocycles. The predicted molar refractivity (Wildman–Crippen MR) is 84.8 cm³/mol. The minimum Gasteiger partial charge on any atom is -0.326 e. The number of rotatable bonds is 4. The molecular weight excluding hydrogens is 306 g/mol. The smallest absolute Gasteiger partial charge is 0.271 e. The lowest BCUT2D eigenvalue weighted by molar-refractivity contribution is 0.603. The minimum absolute atomic E-state index is 0.254. The van der Waals surface area contributed by atoms with Crippen LogP contribution in [-0.4, -0.2) is 13.4 Å². The molecule has 5 nitrogen and oxygen atoms in total. The first kappa shape index (κ1) is 14.0. The normalized spacial score (nSPS) is 11.7. The predicted octanol–water partition coefficient (Wildman–Crippen LogP) is 2.56. The van der Waals surface area contributed by atoms with Gasteiger partial charge in [0.1, 0.15) is 4.21 Å². The van der Waals surface area contributed by atoms with Gasteiger partial charge in [0.25, 0.3) is 10.0 Å². The largest absolute Gasteiger partial charge is 0.326 e. The highest BCUT2D eigenvalue weighted by atomic mass is 32.2. The van der Waals surface area contributed by atoms with E-state index in [0.717, 1.165) is 15.8 Å². The van der Waals surface area contributed by atoms with Crippen molar-refractivity contribution in [2.75, 3.05) is 4.72 Å². The number of benzene rings is 1. The molecule has 7 heteroatoms. The Balaban J connectivity index is 2.01. The molecule has 0 saturated heterocycles. The van der Waals surface area contributed by atoms with E-state index in [4.69, 9.17) is 5.73 Å². The van der Waals surface area contributed by atoms with Crippen molar-refractivity contribution >= 4 is 38.0 Å². The highest BCUT2D eigenvalue weighted by Gasteiger charge is 2.17. The van der Waals surface area contributed by atoms with Crippen molar-refractivity contribution in [3.8, 4) is 0 Å². The van der Waals surface area contributed by atoms with Crippen molar-refractivity contribution in [1.29, 1.82) is 0 Å². The molecule has 0 atom stereocenters. The topological polar surface area (TPSA) is 85.1 Å². The van der Waals surface area contributed by atoms with Gasteiger partial charge in [0.05, 0.1) is 11.2 Å². The molecule has 3 aromatic rings. The maximum atomic E-state index is 12.4. The Morgan fingerprint density at radius 3 is 2.76 bits per heavy atom. The Kier molecular flexibility index (Phi) is 3.62. The molecule has 0 bridgehead atoms. The molecule has 0 amide bonds. The summed E-state index contributed by atoms with van der Waals surface area (Å²) >= 11 is 1.17. The Morgan fingerprint density at radius 1 is 1.14 bits per heavy atom. The Morgan fingerprint density at radius 2 is 2.00 bits per heavy atom. The van der Waals surface area contributed by atoms with Gasteiger partial charge in [-0.05, 0) is 36.4 Å². The molecule has 0 fully saturated rings. The fourth-order valence-corrected chi connectivity index (χ4v) is 4.31. The first-order chi connectivity index (χ1) is 10.1. The van der Waals surface area contributed by atoms with Crippen LogP contribution >= 0.6 is 11.3 Å². The quantitative estimate of drug-likeness (QED) is 0.774. The zero-order chi connectivity index (χ0) is 14.9. The first-order valence-electron chi connectivity index (χ1n) is 6.25. The van der Waals surface area contributed by atoms with Crippen molar-refractivity contribution in [3.63, 3.8) is 0 Å². The maximum absolute atomic E-state index is 12.4. The molecule has 108 valence electrons. The Hall–Kier alpha value is -1.96. The zero-order valence-electron chi connectivity index (χ0n) is 11.0. The van der Waals surface area contributed by atoms with E-state index in [9.17, 15) is 8.42 Å². The second-order valence-electron chi connectivity index (χ2n) is 4.41. The summed E-state index contributed by atoms with van der Waals surface area (Å²) in [5, 5.41) is 0.763. The fourth-order valence-electron chi connectivity index (χ4n) is 2.00. The van der Waals surface area contributed by atoms with E-state index in [1.54, 1.807) is 36.5 Å². The third kappa shape index (κ3) is 2.76. The van der Waals surface area contributed by atoms with Crippen LogP contribution in [-0.2, 0) is 16.6 Å². The summed E-state index contributed by atoms with van der Waals surface area (Å²) in [6.07, 6.45) is 1.67. The van der Waals surface area contributed by atoms with Gasteiger partial charge in [0, 0.05) is 23.0 Å². The molecule has 0 aliphatic heterocycles. The third-order valence-corrected chi connectivity index (χ3v) is 5.96. The number of nitrogens with zero attached hydrogens (tertiary/aromatic N) is 1. The number of thiophene rings is 1. The molecular formula is C14H13N3O2S2. The van der Waals surface area contributed by atoms with Gasteiger partial charge in [0.15, 0.2) is 0 Å². The maximum Gasteiger partial charge on any atom is 0.271 e. The standard InChI is InChI=1S/C14H13N3O2S2/c15-9-10-6-7-14(20-10)21(18,19)17-13-5-1-4-12-11(13)3-2-8-16-12/h1-8,17H,9,15H2. The number of sulfonamides is 1. The van der Waals surface area contributed by atoms with Crippen LogP contribution in [0.5, 0.6) is 0 Å². The van der Waals surface area contributed by atoms with E-state index in [1.807, 2.05) is 12.1 Å². The number of hydrogen-bond donors (Lipinski definition) is 2. The summed E-state index contributed by atoms with van der Waals surface area (Å²) in [6, 6.07) is 12.2. The van der Waals surface area contributed by atoms with Gasteiger partial charge in [-0.15, -0.1) is 11.3 Å².